The Bertz CT molecular complexity index is 746. The van der Waals surface area contributed by atoms with Crippen molar-refractivity contribution in [3.05, 3.63) is 35.9 Å². The predicted octanol–water partition coefficient (Wildman–Crippen LogP) is 2.83. The zero-order valence-corrected chi connectivity index (χ0v) is 18.0. The number of amides is 1. The number of unbranched alkanes of at least 4 members (excludes halogenated alkanes) is 1. The van der Waals surface area contributed by atoms with Gasteiger partial charge in [-0.25, -0.2) is 9.59 Å². The molecule has 0 unspecified atom stereocenters. The SMILES string of the molecule is CCCC[C@@H]1[C@H]2COC[C@H]2N(C(=O)c2ccccc2)C1(C(=O)OCC)C(=O)OCC. The van der Waals surface area contributed by atoms with E-state index < -0.39 is 23.4 Å². The van der Waals surface area contributed by atoms with Gasteiger partial charge in [0.25, 0.3) is 5.91 Å². The summed E-state index contributed by atoms with van der Waals surface area (Å²) in [5.74, 6) is -2.34. The number of benzene rings is 1. The fourth-order valence-electron chi connectivity index (χ4n) is 4.90. The maximum Gasteiger partial charge on any atom is 0.344 e. The van der Waals surface area contributed by atoms with Gasteiger partial charge in [0, 0.05) is 17.4 Å². The smallest absolute Gasteiger partial charge is 0.344 e. The minimum Gasteiger partial charge on any atom is -0.464 e. The maximum atomic E-state index is 13.7. The first-order valence-electron chi connectivity index (χ1n) is 10.8. The first-order valence-corrected chi connectivity index (χ1v) is 10.8. The Morgan fingerprint density at radius 2 is 1.67 bits per heavy atom. The molecular formula is C23H31NO6. The summed E-state index contributed by atoms with van der Waals surface area (Å²) in [6, 6.07) is 8.33. The first kappa shape index (κ1) is 22.3. The van der Waals surface area contributed by atoms with E-state index in [4.69, 9.17) is 14.2 Å². The van der Waals surface area contributed by atoms with Crippen LogP contribution in [0.1, 0.15) is 50.4 Å². The maximum absolute atomic E-state index is 13.7. The lowest BCUT2D eigenvalue weighted by molar-refractivity contribution is -0.176. The number of esters is 2. The molecule has 7 nitrogen and oxygen atoms in total. The highest BCUT2D eigenvalue weighted by atomic mass is 16.6. The van der Waals surface area contributed by atoms with Crippen molar-refractivity contribution in [2.45, 2.75) is 51.6 Å². The van der Waals surface area contributed by atoms with E-state index in [0.717, 1.165) is 12.8 Å². The van der Waals surface area contributed by atoms with E-state index in [2.05, 4.69) is 6.92 Å². The van der Waals surface area contributed by atoms with Crippen LogP contribution >= 0.6 is 0 Å². The number of hydrogen-bond donors (Lipinski definition) is 0. The lowest BCUT2D eigenvalue weighted by atomic mass is 9.76. The Labute approximate surface area is 177 Å². The van der Waals surface area contributed by atoms with Crippen LogP contribution in [-0.4, -0.2) is 60.8 Å². The van der Waals surface area contributed by atoms with Crippen molar-refractivity contribution < 1.29 is 28.6 Å². The lowest BCUT2D eigenvalue weighted by Gasteiger charge is -2.39. The zero-order chi connectivity index (χ0) is 21.7. The zero-order valence-electron chi connectivity index (χ0n) is 18.0. The normalized spacial score (nSPS) is 24.4. The summed E-state index contributed by atoms with van der Waals surface area (Å²) in [5.41, 5.74) is -1.38. The molecule has 30 heavy (non-hydrogen) atoms. The number of carbonyl (C=O) groups excluding carboxylic acids is 3. The van der Waals surface area contributed by atoms with Crippen molar-refractivity contribution in [3.63, 3.8) is 0 Å². The third-order valence-electron chi connectivity index (χ3n) is 6.14. The van der Waals surface area contributed by atoms with Gasteiger partial charge in [-0.1, -0.05) is 38.0 Å². The second-order valence-electron chi connectivity index (χ2n) is 7.77. The minimum absolute atomic E-state index is 0.111. The van der Waals surface area contributed by atoms with Gasteiger partial charge in [0.15, 0.2) is 0 Å². The molecule has 0 saturated carbocycles. The van der Waals surface area contributed by atoms with E-state index in [1.54, 1.807) is 38.1 Å². The van der Waals surface area contributed by atoms with Gasteiger partial charge < -0.3 is 19.1 Å². The number of rotatable bonds is 8. The fraction of sp³-hybridized carbons (Fsp3) is 0.609. The van der Waals surface area contributed by atoms with Crippen LogP contribution in [0, 0.1) is 11.8 Å². The molecule has 1 aromatic rings. The molecular weight excluding hydrogens is 386 g/mol. The van der Waals surface area contributed by atoms with Crippen LogP contribution < -0.4 is 0 Å². The van der Waals surface area contributed by atoms with Crippen LogP contribution in [0.25, 0.3) is 0 Å². The third-order valence-corrected chi connectivity index (χ3v) is 6.14. The highest BCUT2D eigenvalue weighted by Crippen LogP contribution is 2.50. The Morgan fingerprint density at radius 3 is 2.23 bits per heavy atom. The molecule has 3 atom stereocenters. The van der Waals surface area contributed by atoms with E-state index in [1.165, 1.54) is 4.90 Å². The van der Waals surface area contributed by atoms with Gasteiger partial charge in [-0.2, -0.15) is 0 Å². The molecule has 0 aromatic heterocycles. The topological polar surface area (TPSA) is 82.1 Å². The number of ether oxygens (including phenoxy) is 3. The molecule has 0 N–H and O–H groups in total. The summed E-state index contributed by atoms with van der Waals surface area (Å²) >= 11 is 0. The van der Waals surface area contributed by atoms with Crippen molar-refractivity contribution in [3.8, 4) is 0 Å². The fourth-order valence-corrected chi connectivity index (χ4v) is 4.90. The van der Waals surface area contributed by atoms with Crippen molar-refractivity contribution >= 4 is 17.8 Å². The summed E-state index contributed by atoms with van der Waals surface area (Å²) in [6.45, 7) is 6.35. The average molecular weight is 418 g/mol. The second-order valence-corrected chi connectivity index (χ2v) is 7.77. The molecule has 0 spiro atoms. The van der Waals surface area contributed by atoms with Crippen LogP contribution in [0.4, 0.5) is 0 Å². The number of hydrogen-bond acceptors (Lipinski definition) is 6. The van der Waals surface area contributed by atoms with E-state index in [9.17, 15) is 14.4 Å². The Balaban J connectivity index is 2.18. The van der Waals surface area contributed by atoms with Gasteiger partial charge in [0.2, 0.25) is 5.54 Å². The number of fused-ring (bicyclic) bond motifs is 1. The molecule has 2 heterocycles. The predicted molar refractivity (Wildman–Crippen MR) is 110 cm³/mol. The van der Waals surface area contributed by atoms with Crippen molar-refractivity contribution in [1.82, 2.24) is 4.90 Å². The van der Waals surface area contributed by atoms with Gasteiger partial charge >= 0.3 is 11.9 Å². The summed E-state index contributed by atoms with van der Waals surface area (Å²) in [4.78, 5) is 42.1. The highest BCUT2D eigenvalue weighted by Gasteiger charge is 2.71. The Kier molecular flexibility index (Phi) is 7.13. The molecule has 164 valence electrons. The Hall–Kier alpha value is -2.41. The van der Waals surface area contributed by atoms with E-state index in [0.29, 0.717) is 18.6 Å². The number of nitrogens with zero attached hydrogens (tertiary/aromatic N) is 1. The van der Waals surface area contributed by atoms with Crippen molar-refractivity contribution in [1.29, 1.82) is 0 Å². The van der Waals surface area contributed by atoms with Crippen molar-refractivity contribution in [2.75, 3.05) is 26.4 Å². The van der Waals surface area contributed by atoms with Crippen LogP contribution in [-0.2, 0) is 23.8 Å². The average Bonchev–Trinajstić information content (AvgIpc) is 3.32. The molecule has 2 aliphatic heterocycles. The van der Waals surface area contributed by atoms with Gasteiger partial charge in [-0.05, 0) is 32.4 Å². The largest absolute Gasteiger partial charge is 0.464 e. The van der Waals surface area contributed by atoms with Crippen LogP contribution in [0.5, 0.6) is 0 Å². The molecule has 7 heteroatoms. The molecule has 2 fully saturated rings. The van der Waals surface area contributed by atoms with Crippen molar-refractivity contribution in [2.24, 2.45) is 11.8 Å². The van der Waals surface area contributed by atoms with E-state index >= 15 is 0 Å². The molecule has 2 saturated heterocycles. The van der Waals surface area contributed by atoms with Crippen LogP contribution in [0.3, 0.4) is 0 Å². The molecule has 2 aliphatic rings. The molecule has 0 bridgehead atoms. The Morgan fingerprint density at radius 1 is 1.03 bits per heavy atom. The summed E-state index contributed by atoms with van der Waals surface area (Å²) < 4.78 is 16.5. The number of likely N-dealkylation sites (tertiary alicyclic amines) is 1. The lowest BCUT2D eigenvalue weighted by Crippen LogP contribution is -2.65. The van der Waals surface area contributed by atoms with Gasteiger partial charge in [0.05, 0.1) is 32.5 Å². The monoisotopic (exact) mass is 417 g/mol. The van der Waals surface area contributed by atoms with Gasteiger partial charge in [-0.15, -0.1) is 0 Å². The van der Waals surface area contributed by atoms with Crippen LogP contribution in [0.15, 0.2) is 30.3 Å². The van der Waals surface area contributed by atoms with Crippen LogP contribution in [0.2, 0.25) is 0 Å². The van der Waals surface area contributed by atoms with Gasteiger partial charge in [-0.3, -0.25) is 4.79 Å². The number of carbonyl (C=O) groups is 3. The molecule has 3 rings (SSSR count). The molecule has 1 amide bonds. The summed E-state index contributed by atoms with van der Waals surface area (Å²) in [6.07, 6.45) is 2.34. The molecule has 1 aromatic carbocycles. The third kappa shape index (κ3) is 3.60. The summed E-state index contributed by atoms with van der Waals surface area (Å²) in [5, 5.41) is 0. The highest BCUT2D eigenvalue weighted by molar-refractivity contribution is 6.11. The molecule has 0 radical (unpaired) electrons. The second kappa shape index (κ2) is 9.60. The quantitative estimate of drug-likeness (QED) is 0.478. The first-order chi connectivity index (χ1) is 14.5. The van der Waals surface area contributed by atoms with E-state index in [1.807, 2.05) is 6.07 Å². The van der Waals surface area contributed by atoms with Gasteiger partial charge in [0.1, 0.15) is 0 Å². The van der Waals surface area contributed by atoms with E-state index in [-0.39, 0.29) is 37.7 Å². The molecule has 0 aliphatic carbocycles. The minimum atomic E-state index is -1.80. The summed E-state index contributed by atoms with van der Waals surface area (Å²) in [7, 11) is 0. The standard InChI is InChI=1S/C23H31NO6/c1-4-7-13-18-17-14-28-15-19(17)24(20(25)16-11-9-8-10-12-16)23(18,21(26)29-5-2)22(27)30-6-3/h8-12,17-19H,4-7,13-15H2,1-3H3/t17-,18-,19-/m1/s1.